The molecule has 0 radical (unpaired) electrons. The second-order valence-electron chi connectivity index (χ2n) is 3.97. The van der Waals surface area contributed by atoms with E-state index in [0.717, 1.165) is 35.7 Å². The minimum absolute atomic E-state index is 0.440. The number of thioether (sulfide) groups is 1. The average Bonchev–Trinajstić information content (AvgIpc) is 2.35. The lowest BCUT2D eigenvalue weighted by atomic mass is 10.1. The van der Waals surface area contributed by atoms with Crippen molar-refractivity contribution in [3.8, 4) is 0 Å². The molecule has 1 aromatic heterocycles. The van der Waals surface area contributed by atoms with E-state index in [4.69, 9.17) is 4.74 Å². The van der Waals surface area contributed by atoms with Crippen LogP contribution in [0.15, 0.2) is 27.8 Å². The monoisotopic (exact) mass is 316 g/mol. The largest absolute Gasteiger partial charge is 0.380 e. The first-order valence-corrected chi connectivity index (χ1v) is 7.57. The van der Waals surface area contributed by atoms with Gasteiger partial charge in [0.15, 0.2) is 0 Å². The van der Waals surface area contributed by atoms with Crippen LogP contribution in [-0.4, -0.2) is 36.0 Å². The third-order valence-corrected chi connectivity index (χ3v) is 4.98. The van der Waals surface area contributed by atoms with Crippen LogP contribution in [0.5, 0.6) is 0 Å². The van der Waals surface area contributed by atoms with E-state index in [1.165, 1.54) is 0 Å². The van der Waals surface area contributed by atoms with Gasteiger partial charge in [-0.25, -0.2) is 4.98 Å². The molecule has 2 heterocycles. The fraction of sp³-hybridized carbons (Fsp3) is 0.583. The van der Waals surface area contributed by atoms with Crippen LogP contribution in [0.2, 0.25) is 0 Å². The molecule has 0 spiro atoms. The lowest BCUT2D eigenvalue weighted by Gasteiger charge is -2.31. The summed E-state index contributed by atoms with van der Waals surface area (Å²) in [6, 6.07) is 4.49. The second kappa shape index (κ2) is 6.73. The zero-order chi connectivity index (χ0) is 12.1. The molecule has 0 amide bonds. The van der Waals surface area contributed by atoms with E-state index in [2.05, 4.69) is 33.2 Å². The average molecular weight is 317 g/mol. The molecule has 1 aliphatic heterocycles. The van der Waals surface area contributed by atoms with Gasteiger partial charge in [-0.1, -0.05) is 18.7 Å². The number of rotatable bonds is 4. The summed E-state index contributed by atoms with van der Waals surface area (Å²) in [4.78, 5) is 4.40. The van der Waals surface area contributed by atoms with Gasteiger partial charge < -0.3 is 10.1 Å². The minimum atomic E-state index is 0.440. The van der Waals surface area contributed by atoms with Gasteiger partial charge in [-0.15, -0.1) is 0 Å². The molecule has 94 valence electrons. The first kappa shape index (κ1) is 13.3. The summed E-state index contributed by atoms with van der Waals surface area (Å²) in [5, 5.41) is 5.02. The van der Waals surface area contributed by atoms with Crippen LogP contribution in [-0.2, 0) is 4.74 Å². The molecule has 3 nitrogen and oxygen atoms in total. The van der Waals surface area contributed by atoms with Crippen molar-refractivity contribution in [1.29, 1.82) is 0 Å². The molecule has 1 fully saturated rings. The fourth-order valence-corrected chi connectivity index (χ4v) is 3.61. The number of hydrogen-bond acceptors (Lipinski definition) is 4. The van der Waals surface area contributed by atoms with Crippen molar-refractivity contribution >= 4 is 27.7 Å². The molecule has 2 unspecified atom stereocenters. The number of nitrogens with one attached hydrogen (secondary N) is 1. The number of pyridine rings is 1. The second-order valence-corrected chi connectivity index (χ2v) is 6.06. The van der Waals surface area contributed by atoms with Gasteiger partial charge in [-0.2, -0.15) is 0 Å². The molecule has 0 aliphatic carbocycles. The summed E-state index contributed by atoms with van der Waals surface area (Å²) in [5.74, 6) is 0. The molecule has 1 aliphatic rings. The number of ether oxygens (including phenoxy) is 1. The third-order valence-electron chi connectivity index (χ3n) is 2.76. The Hall–Kier alpha value is -0.100. The molecular weight excluding hydrogens is 300 g/mol. The standard InChI is InChI=1S/C12H17BrN2OS/c1-2-14-10-5-7-16-8-11(10)17-12-9(13)4-3-6-15-12/h3-4,6,10-11,14H,2,5,7-8H2,1H3. The van der Waals surface area contributed by atoms with Crippen LogP contribution in [0.25, 0.3) is 0 Å². The Morgan fingerprint density at radius 2 is 2.53 bits per heavy atom. The van der Waals surface area contributed by atoms with Crippen LogP contribution in [0.1, 0.15) is 13.3 Å². The first-order valence-electron chi connectivity index (χ1n) is 5.89. The summed E-state index contributed by atoms with van der Waals surface area (Å²) >= 11 is 5.33. The van der Waals surface area contributed by atoms with Gasteiger partial charge in [0.2, 0.25) is 0 Å². The van der Waals surface area contributed by atoms with Gasteiger partial charge in [-0.3, -0.25) is 0 Å². The zero-order valence-corrected chi connectivity index (χ0v) is 12.3. The van der Waals surface area contributed by atoms with Crippen molar-refractivity contribution in [2.45, 2.75) is 29.7 Å². The van der Waals surface area contributed by atoms with Gasteiger partial charge in [-0.05, 0) is 41.0 Å². The Balaban J connectivity index is 2.03. The molecule has 1 aromatic rings. The number of hydrogen-bond donors (Lipinski definition) is 1. The summed E-state index contributed by atoms with van der Waals surface area (Å²) in [7, 11) is 0. The normalized spacial score (nSPS) is 24.8. The van der Waals surface area contributed by atoms with Crippen LogP contribution >= 0.6 is 27.7 Å². The zero-order valence-electron chi connectivity index (χ0n) is 9.86. The highest BCUT2D eigenvalue weighted by molar-refractivity contribution is 9.10. The first-order chi connectivity index (χ1) is 8.31. The lowest BCUT2D eigenvalue weighted by Crippen LogP contribution is -2.44. The van der Waals surface area contributed by atoms with E-state index in [-0.39, 0.29) is 0 Å². The lowest BCUT2D eigenvalue weighted by molar-refractivity contribution is 0.0836. The molecule has 17 heavy (non-hydrogen) atoms. The third kappa shape index (κ3) is 3.68. The van der Waals surface area contributed by atoms with Crippen LogP contribution < -0.4 is 5.32 Å². The Morgan fingerprint density at radius 3 is 3.29 bits per heavy atom. The Morgan fingerprint density at radius 1 is 1.65 bits per heavy atom. The predicted octanol–water partition coefficient (Wildman–Crippen LogP) is 2.70. The molecule has 0 aromatic carbocycles. The molecule has 2 atom stereocenters. The SMILES string of the molecule is CCNC1CCOCC1Sc1ncccc1Br. The van der Waals surface area contributed by atoms with Crippen LogP contribution in [0.4, 0.5) is 0 Å². The topological polar surface area (TPSA) is 34.1 Å². The molecule has 5 heteroatoms. The van der Waals surface area contributed by atoms with Crippen molar-refractivity contribution < 1.29 is 4.74 Å². The van der Waals surface area contributed by atoms with Crippen molar-refractivity contribution in [3.05, 3.63) is 22.8 Å². The van der Waals surface area contributed by atoms with Gasteiger partial charge in [0, 0.05) is 28.6 Å². The quantitative estimate of drug-likeness (QED) is 0.926. The fourth-order valence-electron chi connectivity index (χ4n) is 1.92. The predicted molar refractivity (Wildman–Crippen MR) is 74.5 cm³/mol. The molecule has 0 bridgehead atoms. The van der Waals surface area contributed by atoms with Crippen molar-refractivity contribution in [2.24, 2.45) is 0 Å². The van der Waals surface area contributed by atoms with Gasteiger partial charge >= 0.3 is 0 Å². The maximum atomic E-state index is 5.57. The summed E-state index contributed by atoms with van der Waals surface area (Å²) in [5.41, 5.74) is 0. The van der Waals surface area contributed by atoms with Crippen molar-refractivity contribution in [3.63, 3.8) is 0 Å². The Kier molecular flexibility index (Phi) is 5.28. The summed E-state index contributed by atoms with van der Waals surface area (Å²) < 4.78 is 6.63. The van der Waals surface area contributed by atoms with Crippen LogP contribution in [0.3, 0.4) is 0 Å². The molecule has 1 N–H and O–H groups in total. The number of aromatic nitrogens is 1. The van der Waals surface area contributed by atoms with E-state index in [0.29, 0.717) is 11.3 Å². The van der Waals surface area contributed by atoms with Gasteiger partial charge in [0.05, 0.1) is 6.61 Å². The molecule has 0 saturated carbocycles. The van der Waals surface area contributed by atoms with E-state index in [9.17, 15) is 0 Å². The van der Waals surface area contributed by atoms with Crippen molar-refractivity contribution in [1.82, 2.24) is 10.3 Å². The smallest absolute Gasteiger partial charge is 0.111 e. The highest BCUT2D eigenvalue weighted by Gasteiger charge is 2.26. The number of halogens is 1. The van der Waals surface area contributed by atoms with E-state index >= 15 is 0 Å². The molecule has 1 saturated heterocycles. The summed E-state index contributed by atoms with van der Waals surface area (Å²) in [6.45, 7) is 4.81. The van der Waals surface area contributed by atoms with E-state index in [1.807, 2.05) is 18.3 Å². The Labute approximate surface area is 115 Å². The Bertz CT molecular complexity index is 362. The highest BCUT2D eigenvalue weighted by Crippen LogP contribution is 2.32. The highest BCUT2D eigenvalue weighted by atomic mass is 79.9. The maximum Gasteiger partial charge on any atom is 0.111 e. The molecule has 2 rings (SSSR count). The van der Waals surface area contributed by atoms with Crippen LogP contribution in [0, 0.1) is 0 Å². The van der Waals surface area contributed by atoms with Crippen molar-refractivity contribution in [2.75, 3.05) is 19.8 Å². The number of nitrogens with zero attached hydrogens (tertiary/aromatic N) is 1. The minimum Gasteiger partial charge on any atom is -0.380 e. The summed E-state index contributed by atoms with van der Waals surface area (Å²) in [6.07, 6.45) is 2.91. The van der Waals surface area contributed by atoms with Gasteiger partial charge in [0.1, 0.15) is 5.03 Å². The van der Waals surface area contributed by atoms with Gasteiger partial charge in [0.25, 0.3) is 0 Å². The molecular formula is C12H17BrN2OS. The van der Waals surface area contributed by atoms with E-state index < -0.39 is 0 Å². The van der Waals surface area contributed by atoms with E-state index in [1.54, 1.807) is 11.8 Å². The maximum absolute atomic E-state index is 5.57.